The molecule has 0 atom stereocenters. The largest absolute Gasteiger partial charge is 0.454 e. The highest BCUT2D eigenvalue weighted by Gasteiger charge is 2.17. The second-order valence-electron chi connectivity index (χ2n) is 7.31. The maximum Gasteiger partial charge on any atom is 0.271 e. The van der Waals surface area contributed by atoms with E-state index in [-0.39, 0.29) is 25.4 Å². The van der Waals surface area contributed by atoms with Crippen molar-refractivity contribution < 1.29 is 28.5 Å². The van der Waals surface area contributed by atoms with Gasteiger partial charge in [0.25, 0.3) is 11.8 Å². The number of hydrogen-bond donors (Lipinski definition) is 2. The fraction of sp³-hybridized carbons (Fsp3) is 0.125. The summed E-state index contributed by atoms with van der Waals surface area (Å²) < 4.78 is 21.1. The Morgan fingerprint density at radius 3 is 1.82 bits per heavy atom. The van der Waals surface area contributed by atoms with Gasteiger partial charge in [0.05, 0.1) is 5.71 Å². The highest BCUT2D eigenvalue weighted by atomic mass is 16.7. The molecule has 2 amide bonds. The average Bonchev–Trinajstić information content (AvgIpc) is 3.51. The molecule has 0 saturated heterocycles. The van der Waals surface area contributed by atoms with Crippen LogP contribution in [0.4, 0.5) is 5.69 Å². The van der Waals surface area contributed by atoms with Crippen LogP contribution in [0.3, 0.4) is 0 Å². The standard InChI is InChI=1S/C24H19N3O6/c1-14(26-27-24(29)17-5-9-20-22(11-17)33-13-31-20)15-2-6-18(7-3-15)25-23(28)16-4-8-19-21(10-16)32-12-30-19/h2-11H,12-13H2,1H3,(H,25,28)(H,27,29). The number of anilines is 1. The van der Waals surface area contributed by atoms with E-state index in [0.29, 0.717) is 45.5 Å². The second kappa shape index (κ2) is 8.54. The van der Waals surface area contributed by atoms with Gasteiger partial charge in [-0.15, -0.1) is 0 Å². The van der Waals surface area contributed by atoms with Crippen LogP contribution in [0.25, 0.3) is 0 Å². The predicted octanol–water partition coefficient (Wildman–Crippen LogP) is 3.55. The zero-order valence-corrected chi connectivity index (χ0v) is 17.6. The molecule has 0 aliphatic carbocycles. The Morgan fingerprint density at radius 1 is 0.697 bits per heavy atom. The number of nitrogens with one attached hydrogen (secondary N) is 2. The zero-order valence-electron chi connectivity index (χ0n) is 17.6. The number of amides is 2. The van der Waals surface area contributed by atoms with E-state index in [1.807, 2.05) is 0 Å². The lowest BCUT2D eigenvalue weighted by molar-refractivity contribution is 0.0953. The molecule has 0 bridgehead atoms. The first kappa shape index (κ1) is 20.4. The minimum absolute atomic E-state index is 0.144. The number of rotatable bonds is 5. The van der Waals surface area contributed by atoms with Crippen LogP contribution in [0, 0.1) is 0 Å². The molecule has 0 radical (unpaired) electrons. The first-order valence-corrected chi connectivity index (χ1v) is 10.1. The third kappa shape index (κ3) is 4.29. The normalized spacial score (nSPS) is 13.5. The number of ether oxygens (including phenoxy) is 4. The summed E-state index contributed by atoms with van der Waals surface area (Å²) in [5.74, 6) is 1.69. The fourth-order valence-corrected chi connectivity index (χ4v) is 3.34. The third-order valence-corrected chi connectivity index (χ3v) is 5.16. The van der Waals surface area contributed by atoms with E-state index in [1.54, 1.807) is 67.6 Å². The molecule has 0 unspecified atom stereocenters. The Labute approximate surface area is 188 Å². The molecule has 166 valence electrons. The Hall–Kier alpha value is -4.53. The van der Waals surface area contributed by atoms with E-state index in [9.17, 15) is 9.59 Å². The van der Waals surface area contributed by atoms with Gasteiger partial charge in [-0.1, -0.05) is 12.1 Å². The summed E-state index contributed by atoms with van der Waals surface area (Å²) >= 11 is 0. The zero-order chi connectivity index (χ0) is 22.8. The Balaban J connectivity index is 1.21. The van der Waals surface area contributed by atoms with Gasteiger partial charge < -0.3 is 24.3 Å². The molecule has 9 nitrogen and oxygen atoms in total. The van der Waals surface area contributed by atoms with E-state index >= 15 is 0 Å². The number of hydrogen-bond acceptors (Lipinski definition) is 7. The highest BCUT2D eigenvalue weighted by molar-refractivity contribution is 6.05. The smallest absolute Gasteiger partial charge is 0.271 e. The molecule has 0 fully saturated rings. The topological polar surface area (TPSA) is 107 Å². The Morgan fingerprint density at radius 2 is 1.21 bits per heavy atom. The highest BCUT2D eigenvalue weighted by Crippen LogP contribution is 2.33. The van der Waals surface area contributed by atoms with Crippen LogP contribution in [0.5, 0.6) is 23.0 Å². The summed E-state index contributed by atoms with van der Waals surface area (Å²) in [6.45, 7) is 2.07. The van der Waals surface area contributed by atoms with Gasteiger partial charge in [-0.05, 0) is 61.0 Å². The quantitative estimate of drug-likeness (QED) is 0.459. The molecule has 2 heterocycles. The van der Waals surface area contributed by atoms with Crippen LogP contribution in [0.1, 0.15) is 33.2 Å². The van der Waals surface area contributed by atoms with Gasteiger partial charge in [-0.25, -0.2) is 5.43 Å². The summed E-state index contributed by atoms with van der Waals surface area (Å²) in [5, 5.41) is 7.01. The molecule has 33 heavy (non-hydrogen) atoms. The maximum absolute atomic E-state index is 12.5. The molecule has 3 aromatic carbocycles. The lowest BCUT2D eigenvalue weighted by Gasteiger charge is -2.08. The summed E-state index contributed by atoms with van der Waals surface area (Å²) in [4.78, 5) is 24.9. The molecule has 2 N–H and O–H groups in total. The minimum atomic E-state index is -0.361. The molecule has 3 aromatic rings. The second-order valence-corrected chi connectivity index (χ2v) is 7.31. The van der Waals surface area contributed by atoms with E-state index in [2.05, 4.69) is 15.8 Å². The van der Waals surface area contributed by atoms with Crippen LogP contribution >= 0.6 is 0 Å². The third-order valence-electron chi connectivity index (χ3n) is 5.16. The van der Waals surface area contributed by atoms with Gasteiger partial charge in [-0.3, -0.25) is 9.59 Å². The molecule has 0 spiro atoms. The van der Waals surface area contributed by atoms with Crippen LogP contribution in [-0.4, -0.2) is 31.1 Å². The van der Waals surface area contributed by atoms with Crippen molar-refractivity contribution in [2.24, 2.45) is 5.10 Å². The van der Waals surface area contributed by atoms with Gasteiger partial charge in [0.2, 0.25) is 13.6 Å². The predicted molar refractivity (Wildman–Crippen MR) is 119 cm³/mol. The van der Waals surface area contributed by atoms with Gasteiger partial charge in [-0.2, -0.15) is 5.10 Å². The fourth-order valence-electron chi connectivity index (χ4n) is 3.34. The van der Waals surface area contributed by atoms with Crippen molar-refractivity contribution in [2.75, 3.05) is 18.9 Å². The van der Waals surface area contributed by atoms with Crippen LogP contribution in [0.15, 0.2) is 65.8 Å². The lowest BCUT2D eigenvalue weighted by Crippen LogP contribution is -2.19. The minimum Gasteiger partial charge on any atom is -0.454 e. The Kier molecular flexibility index (Phi) is 5.27. The average molecular weight is 445 g/mol. The van der Waals surface area contributed by atoms with Gasteiger partial charge in [0, 0.05) is 16.8 Å². The number of nitrogens with zero attached hydrogens (tertiary/aromatic N) is 1. The van der Waals surface area contributed by atoms with Crippen molar-refractivity contribution in [1.82, 2.24) is 5.43 Å². The van der Waals surface area contributed by atoms with Crippen LogP contribution in [-0.2, 0) is 0 Å². The molecule has 9 heteroatoms. The van der Waals surface area contributed by atoms with Crippen molar-refractivity contribution >= 4 is 23.2 Å². The van der Waals surface area contributed by atoms with Crippen LogP contribution in [0.2, 0.25) is 0 Å². The number of benzene rings is 3. The summed E-state index contributed by atoms with van der Waals surface area (Å²) in [5.41, 5.74) is 5.44. The van der Waals surface area contributed by atoms with E-state index in [0.717, 1.165) is 5.56 Å². The number of hydrazone groups is 1. The molecule has 5 rings (SSSR count). The lowest BCUT2D eigenvalue weighted by atomic mass is 10.1. The van der Waals surface area contributed by atoms with Crippen molar-refractivity contribution in [2.45, 2.75) is 6.92 Å². The van der Waals surface area contributed by atoms with Crippen molar-refractivity contribution in [3.63, 3.8) is 0 Å². The molecule has 2 aliphatic heterocycles. The van der Waals surface area contributed by atoms with Crippen molar-refractivity contribution in [1.29, 1.82) is 0 Å². The van der Waals surface area contributed by atoms with Gasteiger partial charge >= 0.3 is 0 Å². The molecule has 2 aliphatic rings. The van der Waals surface area contributed by atoms with Crippen molar-refractivity contribution in [3.8, 4) is 23.0 Å². The number of carbonyl (C=O) groups is 2. The summed E-state index contributed by atoms with van der Waals surface area (Å²) in [6.07, 6.45) is 0. The Bertz CT molecular complexity index is 1270. The summed E-state index contributed by atoms with van der Waals surface area (Å²) in [6, 6.07) is 17.1. The monoisotopic (exact) mass is 445 g/mol. The van der Waals surface area contributed by atoms with E-state index in [4.69, 9.17) is 18.9 Å². The first-order chi connectivity index (χ1) is 16.1. The number of fused-ring (bicyclic) bond motifs is 2. The maximum atomic E-state index is 12.5. The van der Waals surface area contributed by atoms with E-state index < -0.39 is 0 Å². The molecule has 0 aromatic heterocycles. The van der Waals surface area contributed by atoms with E-state index in [1.165, 1.54) is 0 Å². The molecular weight excluding hydrogens is 426 g/mol. The van der Waals surface area contributed by atoms with Crippen molar-refractivity contribution in [3.05, 3.63) is 77.4 Å². The first-order valence-electron chi connectivity index (χ1n) is 10.1. The van der Waals surface area contributed by atoms with Crippen LogP contribution < -0.4 is 29.7 Å². The summed E-state index contributed by atoms with van der Waals surface area (Å²) in [7, 11) is 0. The SMILES string of the molecule is CC(=NNC(=O)c1ccc2c(c1)OCO2)c1ccc(NC(=O)c2ccc3c(c2)OCO3)cc1. The molecular formula is C24H19N3O6. The van der Waals surface area contributed by atoms with Gasteiger partial charge in [0.15, 0.2) is 23.0 Å². The number of carbonyl (C=O) groups excluding carboxylic acids is 2. The molecule has 0 saturated carbocycles. The van der Waals surface area contributed by atoms with Gasteiger partial charge in [0.1, 0.15) is 0 Å².